The molecule has 2 aromatic rings. The van der Waals surface area contributed by atoms with Gasteiger partial charge in [-0.05, 0) is 56.3 Å². The van der Waals surface area contributed by atoms with Crippen LogP contribution in [-0.4, -0.2) is 58.4 Å². The van der Waals surface area contributed by atoms with Gasteiger partial charge in [-0.3, -0.25) is 9.59 Å². The van der Waals surface area contributed by atoms with E-state index in [1.807, 2.05) is 13.0 Å². The molecule has 1 unspecified atom stereocenters. The van der Waals surface area contributed by atoms with Crippen molar-refractivity contribution < 1.29 is 9.18 Å². The summed E-state index contributed by atoms with van der Waals surface area (Å²) < 4.78 is 13.3. The molecule has 1 amide bonds. The number of amides is 1. The van der Waals surface area contributed by atoms with E-state index in [9.17, 15) is 14.0 Å². The van der Waals surface area contributed by atoms with Gasteiger partial charge in [0.25, 0.3) is 11.5 Å². The molecule has 0 bridgehead atoms. The number of likely N-dealkylation sites (tertiary alicyclic amines) is 1. The van der Waals surface area contributed by atoms with Crippen LogP contribution < -0.4 is 5.56 Å². The predicted molar refractivity (Wildman–Crippen MR) is 106 cm³/mol. The number of H-pyrrole nitrogens is 1. The van der Waals surface area contributed by atoms with Gasteiger partial charge in [0, 0.05) is 32.4 Å². The van der Waals surface area contributed by atoms with E-state index in [-0.39, 0.29) is 17.3 Å². The summed E-state index contributed by atoms with van der Waals surface area (Å²) in [4.78, 5) is 35.0. The average Bonchev–Trinajstić information content (AvgIpc) is 2.71. The highest BCUT2D eigenvalue weighted by Crippen LogP contribution is 2.19. The number of aromatic amines is 1. The summed E-state index contributed by atoms with van der Waals surface area (Å²) in [7, 11) is 0. The summed E-state index contributed by atoms with van der Waals surface area (Å²) in [5.74, 6) is -0.105. The third kappa shape index (κ3) is 5.25. The van der Waals surface area contributed by atoms with Crippen LogP contribution >= 0.6 is 0 Å². The summed E-state index contributed by atoms with van der Waals surface area (Å²) in [6.45, 7) is 5.90. The Balaban J connectivity index is 1.56. The van der Waals surface area contributed by atoms with Crippen molar-refractivity contribution >= 4 is 5.91 Å². The molecule has 1 atom stereocenters. The molecular weight excluding hydrogens is 359 g/mol. The minimum atomic E-state index is -0.404. The van der Waals surface area contributed by atoms with E-state index in [0.29, 0.717) is 19.0 Å². The number of carbonyl (C=O) groups excluding carboxylic acids is 1. The number of nitrogens with zero attached hydrogens (tertiary/aromatic N) is 3. The molecule has 0 saturated carbocycles. The summed E-state index contributed by atoms with van der Waals surface area (Å²) in [5.41, 5.74) is 0.685. The van der Waals surface area contributed by atoms with Crippen LogP contribution in [0.25, 0.3) is 0 Å². The maximum atomic E-state index is 13.3. The number of aromatic nitrogens is 2. The highest BCUT2D eigenvalue weighted by Gasteiger charge is 2.25. The summed E-state index contributed by atoms with van der Waals surface area (Å²) >= 11 is 0. The molecule has 1 N–H and O–H groups in total. The van der Waals surface area contributed by atoms with Crippen molar-refractivity contribution in [1.82, 2.24) is 19.8 Å². The van der Waals surface area contributed by atoms with Crippen molar-refractivity contribution in [3.05, 3.63) is 64.1 Å². The van der Waals surface area contributed by atoms with Crippen LogP contribution in [0.2, 0.25) is 0 Å². The molecule has 28 heavy (non-hydrogen) atoms. The Morgan fingerprint density at radius 2 is 2.29 bits per heavy atom. The standard InChI is InChI=1S/C21H27FN4O2/c1-2-26(21(28)19-12-23-15-24-20(19)27)14-17-6-4-9-25(13-17)10-8-16-5-3-7-18(22)11-16/h3,5,7,11-12,15,17H,2,4,6,8-10,13-14H2,1H3,(H,23,24,27). The van der Waals surface area contributed by atoms with E-state index in [2.05, 4.69) is 14.9 Å². The quantitative estimate of drug-likeness (QED) is 0.793. The fourth-order valence-electron chi connectivity index (χ4n) is 3.82. The lowest BCUT2D eigenvalue weighted by atomic mass is 9.96. The number of benzene rings is 1. The van der Waals surface area contributed by atoms with Gasteiger partial charge in [0.05, 0.1) is 6.33 Å². The third-order valence-electron chi connectivity index (χ3n) is 5.31. The molecule has 1 saturated heterocycles. The molecular formula is C21H27FN4O2. The van der Waals surface area contributed by atoms with Crippen LogP contribution in [0.3, 0.4) is 0 Å². The van der Waals surface area contributed by atoms with Crippen LogP contribution in [0.5, 0.6) is 0 Å². The molecule has 0 aliphatic carbocycles. The largest absolute Gasteiger partial charge is 0.338 e. The SMILES string of the molecule is CCN(CC1CCCN(CCc2cccc(F)c2)C1)C(=O)c1cnc[nH]c1=O. The molecule has 6 nitrogen and oxygen atoms in total. The fraction of sp³-hybridized carbons (Fsp3) is 0.476. The second-order valence-electron chi connectivity index (χ2n) is 7.33. The van der Waals surface area contributed by atoms with Crippen LogP contribution in [0.1, 0.15) is 35.7 Å². The number of hydrogen-bond acceptors (Lipinski definition) is 4. The molecule has 3 rings (SSSR count). The van der Waals surface area contributed by atoms with Gasteiger partial charge in [-0.25, -0.2) is 9.37 Å². The number of halogens is 1. The minimum absolute atomic E-state index is 0.0862. The third-order valence-corrected chi connectivity index (χ3v) is 5.31. The Bertz CT molecular complexity index is 854. The Morgan fingerprint density at radius 1 is 1.43 bits per heavy atom. The van der Waals surface area contributed by atoms with Gasteiger partial charge in [0.1, 0.15) is 11.4 Å². The second-order valence-corrected chi connectivity index (χ2v) is 7.33. The monoisotopic (exact) mass is 386 g/mol. The Morgan fingerprint density at radius 3 is 3.04 bits per heavy atom. The van der Waals surface area contributed by atoms with Gasteiger partial charge in [0.2, 0.25) is 0 Å². The van der Waals surface area contributed by atoms with Crippen molar-refractivity contribution in [3.8, 4) is 0 Å². The molecule has 1 aliphatic heterocycles. The highest BCUT2D eigenvalue weighted by atomic mass is 19.1. The molecule has 0 spiro atoms. The molecule has 1 aromatic carbocycles. The maximum absolute atomic E-state index is 13.3. The molecule has 0 radical (unpaired) electrons. The first kappa shape index (κ1) is 20.2. The van der Waals surface area contributed by atoms with Crippen LogP contribution in [0.4, 0.5) is 4.39 Å². The van der Waals surface area contributed by atoms with Crippen molar-refractivity contribution in [2.45, 2.75) is 26.2 Å². The lowest BCUT2D eigenvalue weighted by molar-refractivity contribution is 0.0688. The highest BCUT2D eigenvalue weighted by molar-refractivity contribution is 5.93. The van der Waals surface area contributed by atoms with Gasteiger partial charge >= 0.3 is 0 Å². The van der Waals surface area contributed by atoms with E-state index in [1.165, 1.54) is 18.6 Å². The average molecular weight is 386 g/mol. The lowest BCUT2D eigenvalue weighted by Gasteiger charge is -2.35. The van der Waals surface area contributed by atoms with Gasteiger partial charge in [-0.2, -0.15) is 0 Å². The van der Waals surface area contributed by atoms with E-state index in [0.717, 1.165) is 44.5 Å². The number of piperidine rings is 1. The minimum Gasteiger partial charge on any atom is -0.338 e. The van der Waals surface area contributed by atoms with E-state index in [1.54, 1.807) is 17.0 Å². The molecule has 2 heterocycles. The number of nitrogens with one attached hydrogen (secondary N) is 1. The summed E-state index contributed by atoms with van der Waals surface area (Å²) in [5, 5.41) is 0. The molecule has 1 fully saturated rings. The van der Waals surface area contributed by atoms with Crippen molar-refractivity contribution in [3.63, 3.8) is 0 Å². The predicted octanol–water partition coefficient (Wildman–Crippen LogP) is 2.33. The Labute approximate surface area is 164 Å². The van der Waals surface area contributed by atoms with Gasteiger partial charge in [-0.1, -0.05) is 12.1 Å². The van der Waals surface area contributed by atoms with Crippen LogP contribution in [0, 0.1) is 11.7 Å². The van der Waals surface area contributed by atoms with Gasteiger partial charge in [0.15, 0.2) is 0 Å². The first-order valence-electron chi connectivity index (χ1n) is 9.85. The van der Waals surface area contributed by atoms with E-state index in [4.69, 9.17) is 0 Å². The van der Waals surface area contributed by atoms with Gasteiger partial charge in [-0.15, -0.1) is 0 Å². The number of rotatable bonds is 7. The zero-order chi connectivity index (χ0) is 19.9. The Kier molecular flexibility index (Phi) is 6.92. The maximum Gasteiger partial charge on any atom is 0.263 e. The summed E-state index contributed by atoms with van der Waals surface area (Å²) in [6.07, 6.45) is 5.56. The van der Waals surface area contributed by atoms with Crippen LogP contribution in [0.15, 0.2) is 41.6 Å². The zero-order valence-electron chi connectivity index (χ0n) is 16.2. The molecule has 1 aromatic heterocycles. The second kappa shape index (κ2) is 9.59. The fourth-order valence-corrected chi connectivity index (χ4v) is 3.82. The summed E-state index contributed by atoms with van der Waals surface area (Å²) in [6, 6.07) is 6.75. The van der Waals surface area contributed by atoms with Crippen molar-refractivity contribution in [2.75, 3.05) is 32.7 Å². The molecule has 7 heteroatoms. The first-order valence-corrected chi connectivity index (χ1v) is 9.85. The normalized spacial score (nSPS) is 17.4. The van der Waals surface area contributed by atoms with E-state index < -0.39 is 5.56 Å². The first-order chi connectivity index (χ1) is 13.6. The molecule has 1 aliphatic rings. The van der Waals surface area contributed by atoms with Gasteiger partial charge < -0.3 is 14.8 Å². The number of hydrogen-bond donors (Lipinski definition) is 1. The Hall–Kier alpha value is -2.54. The van der Waals surface area contributed by atoms with Crippen LogP contribution in [-0.2, 0) is 6.42 Å². The topological polar surface area (TPSA) is 69.3 Å². The van der Waals surface area contributed by atoms with Crippen molar-refractivity contribution in [2.24, 2.45) is 5.92 Å². The lowest BCUT2D eigenvalue weighted by Crippen LogP contribution is -2.44. The smallest absolute Gasteiger partial charge is 0.263 e. The van der Waals surface area contributed by atoms with Crippen molar-refractivity contribution in [1.29, 1.82) is 0 Å². The van der Waals surface area contributed by atoms with E-state index >= 15 is 0 Å². The number of carbonyl (C=O) groups is 1. The zero-order valence-corrected chi connectivity index (χ0v) is 16.2. The molecule has 150 valence electrons.